The SMILES string of the molecule is C/C=C(\c1ccccc1)c1ccc2nc(S(=O)(=O)C(C)(C)N)[nH]c2c1. The van der Waals surface area contributed by atoms with Crippen LogP contribution in [0.3, 0.4) is 0 Å². The Morgan fingerprint density at radius 1 is 1.12 bits per heavy atom. The number of nitrogens with two attached hydrogens (primary N) is 1. The summed E-state index contributed by atoms with van der Waals surface area (Å²) in [6, 6.07) is 15.7. The molecule has 3 N–H and O–H groups in total. The van der Waals surface area contributed by atoms with E-state index < -0.39 is 14.7 Å². The van der Waals surface area contributed by atoms with Crippen molar-refractivity contribution in [2.75, 3.05) is 0 Å². The van der Waals surface area contributed by atoms with Gasteiger partial charge >= 0.3 is 0 Å². The highest BCUT2D eigenvalue weighted by atomic mass is 32.2. The van der Waals surface area contributed by atoms with Crippen LogP contribution in [-0.4, -0.2) is 23.3 Å². The molecule has 0 unspecified atom stereocenters. The molecule has 3 aromatic rings. The van der Waals surface area contributed by atoms with Crippen molar-refractivity contribution in [3.05, 3.63) is 65.7 Å². The Labute approximate surface area is 147 Å². The third kappa shape index (κ3) is 3.10. The van der Waals surface area contributed by atoms with Gasteiger partial charge in [-0.2, -0.15) is 0 Å². The number of H-pyrrole nitrogens is 1. The van der Waals surface area contributed by atoms with Crippen LogP contribution in [0.5, 0.6) is 0 Å². The molecule has 0 aliphatic carbocycles. The first-order valence-corrected chi connectivity index (χ1v) is 9.48. The van der Waals surface area contributed by atoms with Crippen molar-refractivity contribution in [1.29, 1.82) is 0 Å². The van der Waals surface area contributed by atoms with E-state index in [2.05, 4.69) is 9.97 Å². The van der Waals surface area contributed by atoms with E-state index in [-0.39, 0.29) is 5.16 Å². The Bertz CT molecular complexity index is 1040. The number of hydrogen-bond donors (Lipinski definition) is 2. The van der Waals surface area contributed by atoms with Gasteiger partial charge in [0.1, 0.15) is 4.87 Å². The monoisotopic (exact) mass is 355 g/mol. The zero-order chi connectivity index (χ0) is 18.2. The molecule has 3 rings (SSSR count). The Hall–Kier alpha value is -2.44. The van der Waals surface area contributed by atoms with Gasteiger partial charge in [0.05, 0.1) is 11.0 Å². The summed E-state index contributed by atoms with van der Waals surface area (Å²) < 4.78 is 25.0. The molecule has 0 saturated carbocycles. The average Bonchev–Trinajstić information content (AvgIpc) is 2.99. The first kappa shape index (κ1) is 17.4. The van der Waals surface area contributed by atoms with Gasteiger partial charge in [0.15, 0.2) is 0 Å². The van der Waals surface area contributed by atoms with E-state index in [4.69, 9.17) is 5.73 Å². The van der Waals surface area contributed by atoms with Crippen molar-refractivity contribution in [1.82, 2.24) is 9.97 Å². The lowest BCUT2D eigenvalue weighted by Gasteiger charge is -2.16. The maximum absolute atomic E-state index is 12.5. The lowest BCUT2D eigenvalue weighted by molar-refractivity contribution is 0.545. The van der Waals surface area contributed by atoms with Gasteiger partial charge in [0, 0.05) is 0 Å². The van der Waals surface area contributed by atoms with Crippen LogP contribution < -0.4 is 5.73 Å². The largest absolute Gasteiger partial charge is 0.329 e. The molecular formula is C19H21N3O2S. The van der Waals surface area contributed by atoms with E-state index in [0.717, 1.165) is 16.7 Å². The quantitative estimate of drug-likeness (QED) is 0.750. The number of aromatic amines is 1. The maximum Gasteiger partial charge on any atom is 0.229 e. The predicted octanol–water partition coefficient (Wildman–Crippen LogP) is 3.48. The summed E-state index contributed by atoms with van der Waals surface area (Å²) in [4.78, 5) is 5.71. The van der Waals surface area contributed by atoms with Gasteiger partial charge in [-0.25, -0.2) is 13.4 Å². The topological polar surface area (TPSA) is 88.8 Å². The number of nitrogens with zero attached hydrogens (tertiary/aromatic N) is 1. The molecule has 0 bridgehead atoms. The fourth-order valence-corrected chi connectivity index (χ4v) is 3.61. The zero-order valence-electron chi connectivity index (χ0n) is 14.4. The molecule has 1 heterocycles. The van der Waals surface area contributed by atoms with Gasteiger partial charge in [-0.1, -0.05) is 42.5 Å². The first-order valence-electron chi connectivity index (χ1n) is 7.99. The number of allylic oxidation sites excluding steroid dienone is 1. The lowest BCUT2D eigenvalue weighted by Crippen LogP contribution is -2.41. The van der Waals surface area contributed by atoms with Crippen LogP contribution in [0.2, 0.25) is 0 Å². The van der Waals surface area contributed by atoms with E-state index >= 15 is 0 Å². The molecular weight excluding hydrogens is 334 g/mol. The van der Waals surface area contributed by atoms with Gasteiger partial charge in [-0.3, -0.25) is 0 Å². The lowest BCUT2D eigenvalue weighted by atomic mass is 9.97. The van der Waals surface area contributed by atoms with E-state index in [1.165, 1.54) is 13.8 Å². The molecule has 0 aliphatic heterocycles. The summed E-state index contributed by atoms with van der Waals surface area (Å²) in [5.74, 6) is 0. The van der Waals surface area contributed by atoms with Gasteiger partial charge < -0.3 is 10.7 Å². The predicted molar refractivity (Wildman–Crippen MR) is 101 cm³/mol. The van der Waals surface area contributed by atoms with Crippen LogP contribution in [0.25, 0.3) is 16.6 Å². The summed E-state index contributed by atoms with van der Waals surface area (Å²) in [7, 11) is -3.73. The zero-order valence-corrected chi connectivity index (χ0v) is 15.3. The summed E-state index contributed by atoms with van der Waals surface area (Å²) >= 11 is 0. The smallest absolute Gasteiger partial charge is 0.229 e. The maximum atomic E-state index is 12.5. The first-order chi connectivity index (χ1) is 11.7. The molecule has 0 atom stereocenters. The molecule has 0 saturated heterocycles. The molecule has 0 aliphatic rings. The van der Waals surface area contributed by atoms with Crippen LogP contribution in [0, 0.1) is 0 Å². The fourth-order valence-electron chi connectivity index (χ4n) is 2.65. The van der Waals surface area contributed by atoms with Crippen molar-refractivity contribution in [2.24, 2.45) is 5.73 Å². The number of nitrogens with one attached hydrogen (secondary N) is 1. The standard InChI is InChI=1S/C19H21N3O2S/c1-4-15(13-8-6-5-7-9-13)14-10-11-16-17(12-14)22-18(21-16)25(23,24)19(2,3)20/h4-12H,20H2,1-3H3,(H,21,22)/b15-4+. The average molecular weight is 355 g/mol. The molecule has 2 aromatic carbocycles. The number of aromatic nitrogens is 2. The minimum absolute atomic E-state index is 0.103. The second-order valence-electron chi connectivity index (χ2n) is 6.45. The Morgan fingerprint density at radius 3 is 2.40 bits per heavy atom. The Morgan fingerprint density at radius 2 is 1.80 bits per heavy atom. The molecule has 0 fully saturated rings. The molecule has 0 radical (unpaired) electrons. The highest BCUT2D eigenvalue weighted by Gasteiger charge is 2.34. The van der Waals surface area contributed by atoms with Gasteiger partial charge in [-0.05, 0) is 49.6 Å². The van der Waals surface area contributed by atoms with Crippen LogP contribution in [0.1, 0.15) is 31.9 Å². The normalized spacial score (nSPS) is 13.4. The highest BCUT2D eigenvalue weighted by Crippen LogP contribution is 2.27. The summed E-state index contributed by atoms with van der Waals surface area (Å²) in [5, 5.41) is -0.103. The summed E-state index contributed by atoms with van der Waals surface area (Å²) in [5.41, 5.74) is 10.2. The molecule has 25 heavy (non-hydrogen) atoms. The number of rotatable bonds is 4. The van der Waals surface area contributed by atoms with Crippen LogP contribution in [0.4, 0.5) is 0 Å². The van der Waals surface area contributed by atoms with Crippen LogP contribution in [0.15, 0.2) is 59.8 Å². The van der Waals surface area contributed by atoms with Crippen molar-refractivity contribution in [3.8, 4) is 0 Å². The Kier molecular flexibility index (Phi) is 4.26. The van der Waals surface area contributed by atoms with Crippen LogP contribution >= 0.6 is 0 Å². The second-order valence-corrected chi connectivity index (χ2v) is 8.89. The summed E-state index contributed by atoms with van der Waals surface area (Å²) in [6.07, 6.45) is 2.04. The molecule has 1 aromatic heterocycles. The number of imidazole rings is 1. The van der Waals surface area contributed by atoms with Crippen molar-refractivity contribution in [2.45, 2.75) is 30.8 Å². The van der Waals surface area contributed by atoms with E-state index in [1.54, 1.807) is 0 Å². The van der Waals surface area contributed by atoms with Gasteiger partial charge in [-0.15, -0.1) is 0 Å². The van der Waals surface area contributed by atoms with Crippen molar-refractivity contribution >= 4 is 26.4 Å². The van der Waals surface area contributed by atoms with E-state index in [9.17, 15) is 8.42 Å². The third-order valence-corrected chi connectivity index (χ3v) is 6.18. The van der Waals surface area contributed by atoms with Gasteiger partial charge in [0.25, 0.3) is 0 Å². The Balaban J connectivity index is 2.10. The van der Waals surface area contributed by atoms with Gasteiger partial charge in [0.2, 0.25) is 15.0 Å². The van der Waals surface area contributed by atoms with E-state index in [1.807, 2.05) is 61.5 Å². The molecule has 0 spiro atoms. The van der Waals surface area contributed by atoms with Crippen molar-refractivity contribution in [3.63, 3.8) is 0 Å². The fraction of sp³-hybridized carbons (Fsp3) is 0.211. The van der Waals surface area contributed by atoms with E-state index in [0.29, 0.717) is 11.0 Å². The number of hydrogen-bond acceptors (Lipinski definition) is 4. The number of fused-ring (bicyclic) bond motifs is 1. The summed E-state index contributed by atoms with van der Waals surface area (Å²) in [6.45, 7) is 4.88. The molecule has 0 amide bonds. The molecule has 130 valence electrons. The third-order valence-electron chi connectivity index (χ3n) is 4.09. The van der Waals surface area contributed by atoms with Crippen molar-refractivity contribution < 1.29 is 8.42 Å². The minimum atomic E-state index is -3.73. The molecule has 5 nitrogen and oxygen atoms in total. The van der Waals surface area contributed by atoms with Crippen LogP contribution in [-0.2, 0) is 9.84 Å². The number of benzene rings is 2. The molecule has 6 heteroatoms. The number of sulfone groups is 1. The minimum Gasteiger partial charge on any atom is -0.329 e. The second kappa shape index (κ2) is 6.13. The highest BCUT2D eigenvalue weighted by molar-refractivity contribution is 7.92.